The summed E-state index contributed by atoms with van der Waals surface area (Å²) in [6.07, 6.45) is 1.46. The third-order valence-electron chi connectivity index (χ3n) is 1.72. The molecule has 0 bridgehead atoms. The highest BCUT2D eigenvalue weighted by molar-refractivity contribution is 5.89. The van der Waals surface area contributed by atoms with E-state index in [0.717, 1.165) is 0 Å². The number of ether oxygens (including phenoxy) is 2. The molecule has 0 aromatic carbocycles. The van der Waals surface area contributed by atoms with Gasteiger partial charge in [-0.2, -0.15) is 0 Å². The predicted octanol–water partition coefficient (Wildman–Crippen LogP) is 0.544. The van der Waals surface area contributed by atoms with Crippen molar-refractivity contribution in [3.63, 3.8) is 0 Å². The van der Waals surface area contributed by atoms with Crippen molar-refractivity contribution in [2.75, 3.05) is 13.7 Å². The molecule has 1 aliphatic rings. The summed E-state index contributed by atoms with van der Waals surface area (Å²) < 4.78 is 9.74. The first-order valence-electron chi connectivity index (χ1n) is 4.16. The van der Waals surface area contributed by atoms with Crippen LogP contribution in [-0.4, -0.2) is 32.2 Å². The molecule has 1 rings (SSSR count). The van der Waals surface area contributed by atoms with E-state index in [1.165, 1.54) is 13.3 Å². The first kappa shape index (κ1) is 9.98. The van der Waals surface area contributed by atoms with E-state index in [2.05, 4.69) is 9.89 Å². The van der Waals surface area contributed by atoms with Crippen molar-refractivity contribution in [1.82, 2.24) is 0 Å². The Morgan fingerprint density at radius 3 is 3.15 bits per heavy atom. The maximum absolute atomic E-state index is 11.1. The first-order valence-corrected chi connectivity index (χ1v) is 4.16. The van der Waals surface area contributed by atoms with Crippen LogP contribution in [0.4, 0.5) is 0 Å². The van der Waals surface area contributed by atoms with Crippen LogP contribution in [-0.2, 0) is 19.1 Å². The minimum absolute atomic E-state index is 0.309. The second-order valence-electron chi connectivity index (χ2n) is 2.61. The maximum Gasteiger partial charge on any atom is 0.314 e. The van der Waals surface area contributed by atoms with Crippen molar-refractivity contribution in [2.45, 2.75) is 19.6 Å². The lowest BCUT2D eigenvalue weighted by molar-refractivity contribution is -0.165. The number of carbonyl (C=O) groups excluding carboxylic acids is 1. The topological polar surface area (TPSA) is 57.1 Å². The van der Waals surface area contributed by atoms with Gasteiger partial charge in [-0.25, -0.2) is 0 Å². The zero-order valence-corrected chi connectivity index (χ0v) is 7.73. The molecule has 0 aromatic heterocycles. The summed E-state index contributed by atoms with van der Waals surface area (Å²) in [4.78, 5) is 16.0. The molecule has 2 atom stereocenters. The van der Waals surface area contributed by atoms with E-state index in [-0.39, 0.29) is 11.9 Å². The second kappa shape index (κ2) is 4.81. The summed E-state index contributed by atoms with van der Waals surface area (Å²) in [5.41, 5.74) is 0. The number of rotatable bonds is 3. The molecule has 0 aliphatic carbocycles. The Hall–Kier alpha value is -1.10. The number of hydrogen-bond donors (Lipinski definition) is 0. The maximum atomic E-state index is 11.1. The van der Waals surface area contributed by atoms with E-state index < -0.39 is 6.29 Å². The smallest absolute Gasteiger partial charge is 0.314 e. The van der Waals surface area contributed by atoms with Crippen molar-refractivity contribution in [3.05, 3.63) is 0 Å². The Bertz CT molecular complexity index is 204. The van der Waals surface area contributed by atoms with Crippen molar-refractivity contribution in [2.24, 2.45) is 11.1 Å². The summed E-state index contributed by atoms with van der Waals surface area (Å²) >= 11 is 0. The van der Waals surface area contributed by atoms with Gasteiger partial charge in [0.05, 0.1) is 13.3 Å². The molecular weight excluding hydrogens is 174 g/mol. The van der Waals surface area contributed by atoms with Crippen LogP contribution in [0.3, 0.4) is 0 Å². The Morgan fingerprint density at radius 1 is 1.77 bits per heavy atom. The normalized spacial score (nSPS) is 26.6. The summed E-state index contributed by atoms with van der Waals surface area (Å²) in [6, 6.07) is 0. The average molecular weight is 187 g/mol. The van der Waals surface area contributed by atoms with E-state index in [1.54, 1.807) is 0 Å². The van der Waals surface area contributed by atoms with Gasteiger partial charge in [-0.3, -0.25) is 4.79 Å². The SMILES string of the molecule is CCO[C@@H]1CC(C(=O)OC)C=NO1. The highest BCUT2D eigenvalue weighted by Crippen LogP contribution is 2.15. The minimum atomic E-state index is -0.431. The minimum Gasteiger partial charge on any atom is -0.469 e. The lowest BCUT2D eigenvalue weighted by Gasteiger charge is -2.21. The fourth-order valence-electron chi connectivity index (χ4n) is 1.08. The van der Waals surface area contributed by atoms with Crippen LogP contribution in [0.2, 0.25) is 0 Å². The highest BCUT2D eigenvalue weighted by atomic mass is 16.8. The zero-order valence-electron chi connectivity index (χ0n) is 7.73. The number of esters is 1. The molecule has 0 fully saturated rings. The van der Waals surface area contributed by atoms with Crippen LogP contribution in [0.5, 0.6) is 0 Å². The molecule has 5 nitrogen and oxygen atoms in total. The fraction of sp³-hybridized carbons (Fsp3) is 0.750. The quantitative estimate of drug-likeness (QED) is 0.605. The Kier molecular flexibility index (Phi) is 3.70. The summed E-state index contributed by atoms with van der Waals surface area (Å²) in [5.74, 6) is -0.660. The molecule has 1 aliphatic heterocycles. The summed E-state index contributed by atoms with van der Waals surface area (Å²) in [6.45, 7) is 2.39. The fourth-order valence-corrected chi connectivity index (χ4v) is 1.08. The molecule has 1 unspecified atom stereocenters. The lowest BCUT2D eigenvalue weighted by Crippen LogP contribution is -2.29. The van der Waals surface area contributed by atoms with Crippen LogP contribution in [0, 0.1) is 5.92 Å². The van der Waals surface area contributed by atoms with Crippen LogP contribution < -0.4 is 0 Å². The number of oxime groups is 1. The molecular formula is C8H13NO4. The van der Waals surface area contributed by atoms with Gasteiger partial charge < -0.3 is 14.3 Å². The molecule has 1 heterocycles. The molecule has 0 saturated heterocycles. The van der Waals surface area contributed by atoms with E-state index in [0.29, 0.717) is 13.0 Å². The van der Waals surface area contributed by atoms with Gasteiger partial charge in [0.15, 0.2) is 0 Å². The van der Waals surface area contributed by atoms with Gasteiger partial charge in [-0.15, -0.1) is 0 Å². The van der Waals surface area contributed by atoms with Crippen LogP contribution in [0.1, 0.15) is 13.3 Å². The Balaban J connectivity index is 2.46. The van der Waals surface area contributed by atoms with Crippen molar-refractivity contribution in [3.8, 4) is 0 Å². The van der Waals surface area contributed by atoms with Crippen LogP contribution in [0.15, 0.2) is 5.16 Å². The molecule has 5 heteroatoms. The average Bonchev–Trinajstić information content (AvgIpc) is 2.18. The van der Waals surface area contributed by atoms with Crippen molar-refractivity contribution in [1.29, 1.82) is 0 Å². The van der Waals surface area contributed by atoms with Gasteiger partial charge in [0.1, 0.15) is 5.92 Å². The number of methoxy groups -OCH3 is 1. The monoisotopic (exact) mass is 187 g/mol. The second-order valence-corrected chi connectivity index (χ2v) is 2.61. The van der Waals surface area contributed by atoms with Crippen LogP contribution in [0.25, 0.3) is 0 Å². The Morgan fingerprint density at radius 2 is 2.54 bits per heavy atom. The summed E-state index contributed by atoms with van der Waals surface area (Å²) in [7, 11) is 1.35. The number of hydrogen-bond acceptors (Lipinski definition) is 5. The molecule has 0 spiro atoms. The summed E-state index contributed by atoms with van der Waals surface area (Å²) in [5, 5.41) is 3.58. The third kappa shape index (κ3) is 2.69. The van der Waals surface area contributed by atoms with Crippen molar-refractivity contribution < 1.29 is 19.1 Å². The first-order chi connectivity index (χ1) is 6.27. The van der Waals surface area contributed by atoms with Crippen LogP contribution >= 0.6 is 0 Å². The molecule has 0 N–H and O–H groups in total. The van der Waals surface area contributed by atoms with E-state index in [4.69, 9.17) is 9.57 Å². The molecule has 13 heavy (non-hydrogen) atoms. The molecule has 0 radical (unpaired) electrons. The predicted molar refractivity (Wildman–Crippen MR) is 45.1 cm³/mol. The van der Waals surface area contributed by atoms with E-state index in [9.17, 15) is 4.79 Å². The third-order valence-corrected chi connectivity index (χ3v) is 1.72. The lowest BCUT2D eigenvalue weighted by atomic mass is 10.1. The zero-order chi connectivity index (χ0) is 9.68. The highest BCUT2D eigenvalue weighted by Gasteiger charge is 2.27. The number of nitrogens with zero attached hydrogens (tertiary/aromatic N) is 1. The van der Waals surface area contributed by atoms with E-state index in [1.807, 2.05) is 6.92 Å². The largest absolute Gasteiger partial charge is 0.469 e. The van der Waals surface area contributed by atoms with Gasteiger partial charge in [-0.1, -0.05) is 5.16 Å². The van der Waals surface area contributed by atoms with Gasteiger partial charge in [0, 0.05) is 13.0 Å². The number of carbonyl (C=O) groups is 1. The van der Waals surface area contributed by atoms with Gasteiger partial charge >= 0.3 is 5.97 Å². The standard InChI is InChI=1S/C8H13NO4/c1-3-12-7-4-6(5-9-13-7)8(10)11-2/h5-7H,3-4H2,1-2H3/t6?,7-/m0/s1. The molecule has 0 aromatic rings. The van der Waals surface area contributed by atoms with Crippen molar-refractivity contribution >= 4 is 12.2 Å². The molecule has 0 amide bonds. The van der Waals surface area contributed by atoms with Gasteiger partial charge in [0.25, 0.3) is 0 Å². The van der Waals surface area contributed by atoms with Gasteiger partial charge in [0.2, 0.25) is 6.29 Å². The molecule has 74 valence electrons. The molecule has 0 saturated carbocycles. The van der Waals surface area contributed by atoms with E-state index >= 15 is 0 Å². The Labute approximate surface area is 76.6 Å². The van der Waals surface area contributed by atoms with Gasteiger partial charge in [-0.05, 0) is 6.92 Å².